The first-order valence-electron chi connectivity index (χ1n) is 8.84. The van der Waals surface area contributed by atoms with E-state index in [1.807, 2.05) is 53.9 Å². The lowest BCUT2D eigenvalue weighted by atomic mass is 10.1. The Morgan fingerprint density at radius 2 is 1.79 bits per heavy atom. The van der Waals surface area contributed by atoms with Gasteiger partial charge < -0.3 is 4.57 Å². The summed E-state index contributed by atoms with van der Waals surface area (Å²) >= 11 is 1.43. The number of rotatable bonds is 5. The zero-order valence-corrected chi connectivity index (χ0v) is 15.7. The quantitative estimate of drug-likeness (QED) is 0.449. The molecule has 0 aliphatic heterocycles. The van der Waals surface area contributed by atoms with Crippen LogP contribution in [0.15, 0.2) is 83.3 Å². The van der Waals surface area contributed by atoms with Crippen molar-refractivity contribution in [3.63, 3.8) is 0 Å². The van der Waals surface area contributed by atoms with E-state index in [0.717, 1.165) is 29.4 Å². The van der Waals surface area contributed by atoms with Crippen molar-refractivity contribution in [2.75, 3.05) is 0 Å². The Kier molecular flexibility index (Phi) is 5.39. The van der Waals surface area contributed by atoms with Crippen LogP contribution in [0.5, 0.6) is 0 Å². The maximum atomic E-state index is 14.1. The van der Waals surface area contributed by atoms with Crippen LogP contribution in [0.1, 0.15) is 5.69 Å². The summed E-state index contributed by atoms with van der Waals surface area (Å²) < 4.78 is 29.4. The monoisotopic (exact) mass is 393 g/mol. The van der Waals surface area contributed by atoms with Gasteiger partial charge in [-0.25, -0.2) is 13.8 Å². The number of benzene rings is 2. The van der Waals surface area contributed by atoms with Crippen LogP contribution in [0.3, 0.4) is 0 Å². The Morgan fingerprint density at radius 1 is 0.964 bits per heavy atom. The SMILES string of the molecule is Fc1ccc(N=c2scc(-c3ccccc3)n2CCc2ccccn2)c(F)c1. The third kappa shape index (κ3) is 4.07. The van der Waals surface area contributed by atoms with Crippen molar-refractivity contribution in [3.8, 4) is 11.3 Å². The lowest BCUT2D eigenvalue weighted by molar-refractivity contribution is 0.583. The van der Waals surface area contributed by atoms with Crippen molar-refractivity contribution >= 4 is 17.0 Å². The Hall–Kier alpha value is -3.12. The lowest BCUT2D eigenvalue weighted by Gasteiger charge is -2.09. The molecule has 0 N–H and O–H groups in total. The number of nitrogens with zero attached hydrogens (tertiary/aromatic N) is 3. The van der Waals surface area contributed by atoms with Crippen molar-refractivity contribution in [1.29, 1.82) is 0 Å². The van der Waals surface area contributed by atoms with Crippen LogP contribution in [-0.2, 0) is 13.0 Å². The van der Waals surface area contributed by atoms with E-state index in [-0.39, 0.29) is 5.69 Å². The van der Waals surface area contributed by atoms with Crippen molar-refractivity contribution in [1.82, 2.24) is 9.55 Å². The van der Waals surface area contributed by atoms with E-state index in [0.29, 0.717) is 11.3 Å². The highest BCUT2D eigenvalue weighted by molar-refractivity contribution is 7.07. The normalized spacial score (nSPS) is 11.7. The van der Waals surface area contributed by atoms with E-state index in [4.69, 9.17) is 0 Å². The van der Waals surface area contributed by atoms with E-state index >= 15 is 0 Å². The number of aromatic nitrogens is 2. The molecule has 3 nitrogen and oxygen atoms in total. The number of aryl methyl sites for hydroxylation is 1. The largest absolute Gasteiger partial charge is 0.316 e. The first-order chi connectivity index (χ1) is 13.7. The van der Waals surface area contributed by atoms with Gasteiger partial charge in [-0.2, -0.15) is 0 Å². The van der Waals surface area contributed by atoms with Gasteiger partial charge in [0.25, 0.3) is 0 Å². The second-order valence-corrected chi connectivity index (χ2v) is 7.04. The highest BCUT2D eigenvalue weighted by Crippen LogP contribution is 2.22. The third-order valence-corrected chi connectivity index (χ3v) is 5.17. The molecule has 0 radical (unpaired) electrons. The van der Waals surface area contributed by atoms with E-state index < -0.39 is 11.6 Å². The number of pyridine rings is 1. The predicted molar refractivity (Wildman–Crippen MR) is 107 cm³/mol. The van der Waals surface area contributed by atoms with Crippen LogP contribution in [0.25, 0.3) is 11.3 Å². The highest BCUT2D eigenvalue weighted by Gasteiger charge is 2.10. The predicted octanol–water partition coefficient (Wildman–Crippen LogP) is 5.36. The molecule has 0 aliphatic rings. The third-order valence-electron chi connectivity index (χ3n) is 4.31. The molecule has 140 valence electrons. The molecule has 2 aromatic carbocycles. The van der Waals surface area contributed by atoms with Crippen molar-refractivity contribution in [2.24, 2.45) is 4.99 Å². The minimum Gasteiger partial charge on any atom is -0.316 e. The molecule has 4 rings (SSSR count). The summed E-state index contributed by atoms with van der Waals surface area (Å²) in [5, 5.41) is 2.01. The summed E-state index contributed by atoms with van der Waals surface area (Å²) in [7, 11) is 0. The second-order valence-electron chi connectivity index (χ2n) is 6.20. The average molecular weight is 393 g/mol. The van der Waals surface area contributed by atoms with Crippen LogP contribution >= 0.6 is 11.3 Å². The van der Waals surface area contributed by atoms with E-state index in [1.165, 1.54) is 23.5 Å². The number of hydrogen-bond acceptors (Lipinski definition) is 3. The van der Waals surface area contributed by atoms with Gasteiger partial charge in [-0.3, -0.25) is 4.98 Å². The van der Waals surface area contributed by atoms with Crippen LogP contribution in [0.2, 0.25) is 0 Å². The van der Waals surface area contributed by atoms with Crippen molar-refractivity contribution in [3.05, 3.63) is 100 Å². The second kappa shape index (κ2) is 8.27. The molecule has 2 aromatic heterocycles. The molecular weight excluding hydrogens is 376 g/mol. The van der Waals surface area contributed by atoms with Crippen LogP contribution in [0, 0.1) is 11.6 Å². The molecule has 0 fully saturated rings. The zero-order chi connectivity index (χ0) is 19.3. The molecule has 0 atom stereocenters. The highest BCUT2D eigenvalue weighted by atomic mass is 32.1. The molecule has 0 amide bonds. The van der Waals surface area contributed by atoms with E-state index in [2.05, 4.69) is 14.5 Å². The van der Waals surface area contributed by atoms with Crippen molar-refractivity contribution < 1.29 is 8.78 Å². The molecule has 6 heteroatoms. The van der Waals surface area contributed by atoms with Gasteiger partial charge in [-0.15, -0.1) is 11.3 Å². The topological polar surface area (TPSA) is 30.2 Å². The molecule has 0 bridgehead atoms. The molecule has 0 saturated carbocycles. The minimum absolute atomic E-state index is 0.120. The van der Waals surface area contributed by atoms with Crippen LogP contribution in [0.4, 0.5) is 14.5 Å². The van der Waals surface area contributed by atoms with Gasteiger partial charge in [0.05, 0.1) is 5.69 Å². The molecule has 0 saturated heterocycles. The minimum atomic E-state index is -0.675. The maximum absolute atomic E-state index is 14.1. The molecule has 0 aliphatic carbocycles. The van der Waals surface area contributed by atoms with Gasteiger partial charge in [0, 0.05) is 36.3 Å². The maximum Gasteiger partial charge on any atom is 0.190 e. The summed E-state index contributed by atoms with van der Waals surface area (Å²) in [4.78, 5) is 9.49. The van der Waals surface area contributed by atoms with Gasteiger partial charge in [0.2, 0.25) is 0 Å². The zero-order valence-electron chi connectivity index (χ0n) is 14.9. The molecule has 4 aromatic rings. The summed E-state index contributed by atoms with van der Waals surface area (Å²) in [5.74, 6) is -1.29. The van der Waals surface area contributed by atoms with Crippen molar-refractivity contribution in [2.45, 2.75) is 13.0 Å². The Morgan fingerprint density at radius 3 is 2.54 bits per heavy atom. The van der Waals surface area contributed by atoms with Gasteiger partial charge in [0.1, 0.15) is 11.5 Å². The summed E-state index contributed by atoms with van der Waals surface area (Å²) in [5.41, 5.74) is 3.15. The van der Waals surface area contributed by atoms with E-state index in [1.54, 1.807) is 6.20 Å². The summed E-state index contributed by atoms with van der Waals surface area (Å²) in [6, 6.07) is 19.2. The van der Waals surface area contributed by atoms with Gasteiger partial charge in [-0.05, 0) is 29.8 Å². The fraction of sp³-hybridized carbons (Fsp3) is 0.0909. The van der Waals surface area contributed by atoms with Crippen LogP contribution < -0.4 is 4.80 Å². The van der Waals surface area contributed by atoms with Crippen LogP contribution in [-0.4, -0.2) is 9.55 Å². The van der Waals surface area contributed by atoms with Gasteiger partial charge >= 0.3 is 0 Å². The standard InChI is InChI=1S/C22H17F2N3S/c23-17-9-10-20(19(24)14-17)26-22-27(13-11-18-8-4-5-12-25-18)21(15-28-22)16-6-2-1-3-7-16/h1-10,12,14-15H,11,13H2. The molecule has 2 heterocycles. The summed E-state index contributed by atoms with van der Waals surface area (Å²) in [6.45, 7) is 0.645. The van der Waals surface area contributed by atoms with Gasteiger partial charge in [-0.1, -0.05) is 36.4 Å². The fourth-order valence-electron chi connectivity index (χ4n) is 2.92. The fourth-order valence-corrected chi connectivity index (χ4v) is 3.87. The average Bonchev–Trinajstić information content (AvgIpc) is 3.12. The molecule has 28 heavy (non-hydrogen) atoms. The molecular formula is C22H17F2N3S. The Bertz CT molecular complexity index is 1140. The molecule has 0 spiro atoms. The lowest BCUT2D eigenvalue weighted by Crippen LogP contribution is -2.17. The van der Waals surface area contributed by atoms with E-state index in [9.17, 15) is 8.78 Å². The Labute approximate surface area is 165 Å². The number of thiazole rings is 1. The number of hydrogen-bond donors (Lipinski definition) is 0. The van der Waals surface area contributed by atoms with Gasteiger partial charge in [0.15, 0.2) is 10.6 Å². The number of halogens is 2. The first kappa shape index (κ1) is 18.3. The smallest absolute Gasteiger partial charge is 0.190 e. The first-order valence-corrected chi connectivity index (χ1v) is 9.72. The molecule has 0 unspecified atom stereocenters. The Balaban J connectivity index is 1.77. The summed E-state index contributed by atoms with van der Waals surface area (Å²) in [6.07, 6.45) is 2.49.